The van der Waals surface area contributed by atoms with E-state index in [9.17, 15) is 14.4 Å². The molecular formula is C15H20N2O4S. The Morgan fingerprint density at radius 2 is 2.18 bits per heavy atom. The van der Waals surface area contributed by atoms with Crippen molar-refractivity contribution in [3.63, 3.8) is 0 Å². The molecule has 0 aromatic carbocycles. The Bertz CT molecular complexity index is 544. The normalized spacial score (nSPS) is 21.4. The molecule has 2 amide bonds. The van der Waals surface area contributed by atoms with Gasteiger partial charge >= 0.3 is 5.97 Å². The summed E-state index contributed by atoms with van der Waals surface area (Å²) in [6.45, 7) is 2.45. The molecule has 1 aliphatic rings. The van der Waals surface area contributed by atoms with Crippen LogP contribution in [0.2, 0.25) is 0 Å². The van der Waals surface area contributed by atoms with Crippen LogP contribution in [-0.2, 0) is 9.59 Å². The van der Waals surface area contributed by atoms with Crippen LogP contribution in [0.4, 0.5) is 0 Å². The van der Waals surface area contributed by atoms with Crippen molar-refractivity contribution in [1.82, 2.24) is 10.2 Å². The third-order valence-electron chi connectivity index (χ3n) is 3.92. The number of thiophene rings is 1. The van der Waals surface area contributed by atoms with Crippen LogP contribution in [0, 0.1) is 5.92 Å². The largest absolute Gasteiger partial charge is 0.481 e. The van der Waals surface area contributed by atoms with Crippen LogP contribution < -0.4 is 5.32 Å². The number of likely N-dealkylation sites (tertiary alicyclic amines) is 1. The number of carbonyl (C=O) groups excluding carboxylic acids is 2. The Hall–Kier alpha value is -1.89. The molecule has 2 N–H and O–H groups in total. The molecule has 0 bridgehead atoms. The fourth-order valence-electron chi connectivity index (χ4n) is 2.58. The van der Waals surface area contributed by atoms with Crippen LogP contribution in [0.15, 0.2) is 17.5 Å². The predicted octanol–water partition coefficient (Wildman–Crippen LogP) is 1.58. The zero-order chi connectivity index (χ0) is 16.1. The van der Waals surface area contributed by atoms with Crippen molar-refractivity contribution in [2.24, 2.45) is 5.92 Å². The van der Waals surface area contributed by atoms with Crippen molar-refractivity contribution in [2.45, 2.75) is 32.2 Å². The lowest BCUT2D eigenvalue weighted by molar-refractivity contribution is -0.147. The maximum atomic E-state index is 12.2. The Morgan fingerprint density at radius 1 is 1.41 bits per heavy atom. The van der Waals surface area contributed by atoms with Crippen LogP contribution in [0.25, 0.3) is 0 Å². The molecule has 0 radical (unpaired) electrons. The Labute approximate surface area is 133 Å². The van der Waals surface area contributed by atoms with Gasteiger partial charge in [0.25, 0.3) is 5.91 Å². The summed E-state index contributed by atoms with van der Waals surface area (Å²) in [5, 5.41) is 13.6. The highest BCUT2D eigenvalue weighted by Gasteiger charge is 2.32. The van der Waals surface area contributed by atoms with Crippen LogP contribution in [0.1, 0.15) is 35.9 Å². The van der Waals surface area contributed by atoms with E-state index in [4.69, 9.17) is 5.11 Å². The molecule has 2 heterocycles. The van der Waals surface area contributed by atoms with Gasteiger partial charge in [-0.2, -0.15) is 0 Å². The fraction of sp³-hybridized carbons (Fsp3) is 0.533. The highest BCUT2D eigenvalue weighted by Crippen LogP contribution is 2.22. The van der Waals surface area contributed by atoms with E-state index in [1.54, 1.807) is 17.0 Å². The number of rotatable bonds is 5. The molecule has 0 spiro atoms. The highest BCUT2D eigenvalue weighted by atomic mass is 32.1. The summed E-state index contributed by atoms with van der Waals surface area (Å²) in [5.41, 5.74) is 0. The first-order chi connectivity index (χ1) is 10.5. The Kier molecular flexibility index (Phi) is 5.54. The fourth-order valence-corrected chi connectivity index (χ4v) is 3.22. The maximum absolute atomic E-state index is 12.2. The van der Waals surface area contributed by atoms with Crippen molar-refractivity contribution >= 4 is 29.1 Å². The van der Waals surface area contributed by atoms with E-state index in [1.165, 1.54) is 11.3 Å². The molecule has 0 aliphatic carbocycles. The van der Waals surface area contributed by atoms with Gasteiger partial charge in [0.1, 0.15) is 0 Å². The van der Waals surface area contributed by atoms with Crippen LogP contribution in [0.5, 0.6) is 0 Å². The number of amides is 2. The van der Waals surface area contributed by atoms with E-state index in [1.807, 2.05) is 12.3 Å². The Balaban J connectivity index is 1.81. The maximum Gasteiger partial charge on any atom is 0.308 e. The van der Waals surface area contributed by atoms with Crippen molar-refractivity contribution in [3.05, 3.63) is 22.4 Å². The van der Waals surface area contributed by atoms with E-state index in [-0.39, 0.29) is 37.4 Å². The number of nitrogens with zero attached hydrogens (tertiary/aromatic N) is 1. The summed E-state index contributed by atoms with van der Waals surface area (Å²) in [4.78, 5) is 37.3. The van der Waals surface area contributed by atoms with Crippen molar-refractivity contribution in [3.8, 4) is 0 Å². The summed E-state index contributed by atoms with van der Waals surface area (Å²) in [6, 6.07) is 3.58. The van der Waals surface area contributed by atoms with Crippen molar-refractivity contribution in [1.29, 1.82) is 0 Å². The van der Waals surface area contributed by atoms with Gasteiger partial charge in [0.05, 0.1) is 10.8 Å². The molecule has 0 saturated carbocycles. The number of carboxylic acid groups (broad SMARTS) is 1. The van der Waals surface area contributed by atoms with Gasteiger partial charge in [-0.3, -0.25) is 14.4 Å². The lowest BCUT2D eigenvalue weighted by Gasteiger charge is -2.36. The van der Waals surface area contributed by atoms with Gasteiger partial charge in [-0.1, -0.05) is 6.07 Å². The number of carbonyl (C=O) groups is 3. The second kappa shape index (κ2) is 7.40. The van der Waals surface area contributed by atoms with Crippen molar-refractivity contribution in [2.75, 3.05) is 13.1 Å². The molecular weight excluding hydrogens is 304 g/mol. The first-order valence-corrected chi connectivity index (χ1v) is 8.21. The zero-order valence-electron chi connectivity index (χ0n) is 12.4. The summed E-state index contributed by atoms with van der Waals surface area (Å²) in [5.74, 6) is -1.63. The van der Waals surface area contributed by atoms with E-state index in [2.05, 4.69) is 5.32 Å². The number of piperidine rings is 1. The van der Waals surface area contributed by atoms with Gasteiger partial charge in [0, 0.05) is 25.6 Å². The Morgan fingerprint density at radius 3 is 2.82 bits per heavy atom. The second-order valence-electron chi connectivity index (χ2n) is 5.49. The SMILES string of the molecule is CC1CCC(C(=O)O)CN1C(=O)CCNC(=O)c1cccs1. The molecule has 2 unspecified atom stereocenters. The number of hydrogen-bond acceptors (Lipinski definition) is 4. The number of aliphatic carboxylic acids is 1. The summed E-state index contributed by atoms with van der Waals surface area (Å²) < 4.78 is 0. The third-order valence-corrected chi connectivity index (χ3v) is 4.79. The first kappa shape index (κ1) is 16.5. The molecule has 1 fully saturated rings. The summed E-state index contributed by atoms with van der Waals surface area (Å²) in [7, 11) is 0. The standard InChI is InChI=1S/C15H20N2O4S/c1-10-4-5-11(15(20)21)9-17(10)13(18)6-7-16-14(19)12-3-2-8-22-12/h2-3,8,10-11H,4-7,9H2,1H3,(H,16,19)(H,20,21). The highest BCUT2D eigenvalue weighted by molar-refractivity contribution is 7.12. The van der Waals surface area contributed by atoms with Crippen molar-refractivity contribution < 1.29 is 19.5 Å². The molecule has 6 nitrogen and oxygen atoms in total. The van der Waals surface area contributed by atoms with Gasteiger partial charge in [-0.15, -0.1) is 11.3 Å². The topological polar surface area (TPSA) is 86.7 Å². The zero-order valence-corrected chi connectivity index (χ0v) is 13.3. The quantitative estimate of drug-likeness (QED) is 0.861. The second-order valence-corrected chi connectivity index (χ2v) is 6.44. The molecule has 1 saturated heterocycles. The van der Waals surface area contributed by atoms with Crippen LogP contribution >= 0.6 is 11.3 Å². The molecule has 2 rings (SSSR count). The van der Waals surface area contributed by atoms with Gasteiger partial charge in [0.15, 0.2) is 0 Å². The molecule has 22 heavy (non-hydrogen) atoms. The minimum absolute atomic E-state index is 0.0519. The van der Waals surface area contributed by atoms with Crippen LogP contribution in [0.3, 0.4) is 0 Å². The monoisotopic (exact) mass is 324 g/mol. The lowest BCUT2D eigenvalue weighted by atomic mass is 9.93. The average Bonchev–Trinajstić information content (AvgIpc) is 3.01. The average molecular weight is 324 g/mol. The van der Waals surface area contributed by atoms with E-state index >= 15 is 0 Å². The number of carboxylic acids is 1. The van der Waals surface area contributed by atoms with Gasteiger partial charge in [0.2, 0.25) is 5.91 Å². The molecule has 2 atom stereocenters. The van der Waals surface area contributed by atoms with Crippen LogP contribution in [-0.4, -0.2) is 46.9 Å². The third kappa shape index (κ3) is 4.07. The van der Waals surface area contributed by atoms with Gasteiger partial charge in [-0.25, -0.2) is 0 Å². The first-order valence-electron chi connectivity index (χ1n) is 7.33. The van der Waals surface area contributed by atoms with Gasteiger partial charge in [-0.05, 0) is 31.2 Å². The molecule has 1 aromatic heterocycles. The minimum atomic E-state index is -0.851. The molecule has 1 aromatic rings. The number of nitrogens with one attached hydrogen (secondary N) is 1. The van der Waals surface area contributed by atoms with Gasteiger partial charge < -0.3 is 15.3 Å². The lowest BCUT2D eigenvalue weighted by Crippen LogP contribution is -2.48. The molecule has 120 valence electrons. The van der Waals surface area contributed by atoms with E-state index in [0.717, 1.165) is 0 Å². The summed E-state index contributed by atoms with van der Waals surface area (Å²) >= 11 is 1.35. The van der Waals surface area contributed by atoms with E-state index in [0.29, 0.717) is 17.7 Å². The molecule has 1 aliphatic heterocycles. The molecule has 7 heteroatoms. The number of hydrogen-bond donors (Lipinski definition) is 2. The van der Waals surface area contributed by atoms with E-state index < -0.39 is 11.9 Å². The smallest absolute Gasteiger partial charge is 0.308 e. The summed E-state index contributed by atoms with van der Waals surface area (Å²) in [6.07, 6.45) is 1.49. The minimum Gasteiger partial charge on any atom is -0.481 e. The predicted molar refractivity (Wildman–Crippen MR) is 82.8 cm³/mol.